The van der Waals surface area contributed by atoms with Crippen molar-refractivity contribution < 1.29 is 18.3 Å². The summed E-state index contributed by atoms with van der Waals surface area (Å²) in [6.45, 7) is 1.84. The first-order valence-electron chi connectivity index (χ1n) is 8.77. The number of carbonyl (C=O) groups is 1. The number of hydrogen-bond donors (Lipinski definition) is 1. The normalized spacial score (nSPS) is 12.5. The van der Waals surface area contributed by atoms with E-state index < -0.39 is 20.9 Å². The molecular formula is C22H18Cl2O4S. The second kappa shape index (κ2) is 8.57. The van der Waals surface area contributed by atoms with Crippen molar-refractivity contribution in [3.05, 3.63) is 93.5 Å². The fourth-order valence-corrected chi connectivity index (χ4v) is 5.19. The van der Waals surface area contributed by atoms with E-state index in [4.69, 9.17) is 23.2 Å². The molecule has 0 aliphatic heterocycles. The van der Waals surface area contributed by atoms with Crippen LogP contribution in [0.1, 0.15) is 21.5 Å². The maximum absolute atomic E-state index is 13.4. The molecule has 0 unspecified atom stereocenters. The summed E-state index contributed by atoms with van der Waals surface area (Å²) in [5, 5.41) is 9.08. The lowest BCUT2D eigenvalue weighted by molar-refractivity contribution is 0.0986. The third-order valence-electron chi connectivity index (χ3n) is 4.59. The van der Waals surface area contributed by atoms with Crippen LogP contribution >= 0.6 is 23.2 Å². The molecule has 4 nitrogen and oxygen atoms in total. The molecule has 0 fully saturated rings. The summed E-state index contributed by atoms with van der Waals surface area (Å²) >= 11 is 12.0. The van der Waals surface area contributed by atoms with E-state index in [0.29, 0.717) is 0 Å². The zero-order valence-electron chi connectivity index (χ0n) is 15.5. The van der Waals surface area contributed by atoms with Gasteiger partial charge in [-0.25, -0.2) is 8.42 Å². The highest BCUT2D eigenvalue weighted by molar-refractivity contribution is 7.92. The molecule has 0 saturated carbocycles. The third kappa shape index (κ3) is 4.64. The zero-order valence-corrected chi connectivity index (χ0v) is 17.8. The summed E-state index contributed by atoms with van der Waals surface area (Å²) in [4.78, 5) is 13.2. The molecule has 3 aromatic carbocycles. The van der Waals surface area contributed by atoms with Crippen LogP contribution in [-0.4, -0.2) is 24.6 Å². The van der Waals surface area contributed by atoms with Crippen LogP contribution in [0.15, 0.2) is 71.6 Å². The molecule has 0 heterocycles. The first-order chi connectivity index (χ1) is 13.7. The molecule has 0 spiro atoms. The van der Waals surface area contributed by atoms with Crippen molar-refractivity contribution in [2.24, 2.45) is 0 Å². The Labute approximate surface area is 179 Å². The Bertz CT molecular complexity index is 1140. The number of aromatic hydroxyl groups is 1. The van der Waals surface area contributed by atoms with E-state index in [1.807, 2.05) is 6.92 Å². The first-order valence-corrected chi connectivity index (χ1v) is 11.1. The number of ketones is 1. The van der Waals surface area contributed by atoms with E-state index in [9.17, 15) is 18.3 Å². The molecule has 1 N–H and O–H groups in total. The molecule has 0 saturated heterocycles. The number of sulfone groups is 1. The van der Waals surface area contributed by atoms with E-state index in [1.54, 1.807) is 42.5 Å². The van der Waals surface area contributed by atoms with Crippen molar-refractivity contribution in [2.75, 3.05) is 0 Å². The maximum atomic E-state index is 13.4. The van der Waals surface area contributed by atoms with Crippen molar-refractivity contribution in [1.29, 1.82) is 0 Å². The topological polar surface area (TPSA) is 71.4 Å². The Hall–Kier alpha value is -2.34. The highest BCUT2D eigenvalue weighted by Gasteiger charge is 2.35. The van der Waals surface area contributed by atoms with E-state index >= 15 is 0 Å². The molecule has 150 valence electrons. The average Bonchev–Trinajstić information content (AvgIpc) is 2.70. The summed E-state index contributed by atoms with van der Waals surface area (Å²) in [6, 6.07) is 17.2. The highest BCUT2D eigenvalue weighted by Crippen LogP contribution is 2.34. The van der Waals surface area contributed by atoms with Crippen LogP contribution in [0.25, 0.3) is 0 Å². The lowest BCUT2D eigenvalue weighted by Crippen LogP contribution is -2.33. The number of aryl methyl sites for hydroxylation is 1. The molecule has 0 radical (unpaired) electrons. The predicted octanol–water partition coefficient (Wildman–Crippen LogP) is 5.28. The summed E-state index contributed by atoms with van der Waals surface area (Å²) in [5.41, 5.74) is 1.35. The molecule has 7 heteroatoms. The largest absolute Gasteiger partial charge is 0.506 e. The van der Waals surface area contributed by atoms with Gasteiger partial charge in [0.15, 0.2) is 15.6 Å². The van der Waals surface area contributed by atoms with E-state index in [-0.39, 0.29) is 38.2 Å². The summed E-state index contributed by atoms with van der Waals surface area (Å²) in [6.07, 6.45) is -0.268. The Morgan fingerprint density at radius 1 is 1.00 bits per heavy atom. The van der Waals surface area contributed by atoms with Crippen LogP contribution in [0.3, 0.4) is 0 Å². The van der Waals surface area contributed by atoms with Crippen LogP contribution in [0.2, 0.25) is 10.0 Å². The monoisotopic (exact) mass is 448 g/mol. The minimum absolute atomic E-state index is 0.00820. The lowest BCUT2D eigenvalue weighted by Gasteiger charge is -2.18. The predicted molar refractivity (Wildman–Crippen MR) is 115 cm³/mol. The highest BCUT2D eigenvalue weighted by atomic mass is 35.5. The standard InChI is InChI=1S/C22H18Cl2O4S/c1-14-7-9-18(10-8-14)29(27,28)20(22(26)15-5-3-2-4-6-15)12-16-11-17(23)13-19(24)21(16)25/h2-11,13,20,25H,12H2,1H3/t20-/m1/s1. The van der Waals surface area contributed by atoms with Gasteiger partial charge in [0, 0.05) is 17.0 Å². The van der Waals surface area contributed by atoms with Crippen molar-refractivity contribution in [2.45, 2.75) is 23.5 Å². The van der Waals surface area contributed by atoms with Crippen LogP contribution in [0.4, 0.5) is 0 Å². The SMILES string of the molecule is Cc1ccc(S(=O)(=O)[C@H](Cc2cc(Cl)cc(Cl)c2O)C(=O)c2ccccc2)cc1. The fourth-order valence-electron chi connectivity index (χ4n) is 3.00. The van der Waals surface area contributed by atoms with Crippen molar-refractivity contribution in [3.63, 3.8) is 0 Å². The van der Waals surface area contributed by atoms with Gasteiger partial charge in [0.2, 0.25) is 0 Å². The van der Waals surface area contributed by atoms with Crippen molar-refractivity contribution >= 4 is 38.8 Å². The van der Waals surface area contributed by atoms with Crippen molar-refractivity contribution in [3.8, 4) is 5.75 Å². The molecular weight excluding hydrogens is 431 g/mol. The van der Waals surface area contributed by atoms with Gasteiger partial charge in [0.25, 0.3) is 0 Å². The molecule has 29 heavy (non-hydrogen) atoms. The Morgan fingerprint density at radius 3 is 2.24 bits per heavy atom. The second-order valence-corrected chi connectivity index (χ2v) is 9.65. The molecule has 0 bridgehead atoms. The molecule has 3 rings (SSSR count). The van der Waals surface area contributed by atoms with Gasteiger partial charge in [-0.15, -0.1) is 0 Å². The van der Waals surface area contributed by atoms with E-state index in [1.165, 1.54) is 24.3 Å². The summed E-state index contributed by atoms with van der Waals surface area (Å²) < 4.78 is 26.8. The number of halogens is 2. The van der Waals surface area contributed by atoms with Gasteiger partial charge in [-0.3, -0.25) is 4.79 Å². The van der Waals surface area contributed by atoms with Crippen LogP contribution < -0.4 is 0 Å². The number of phenols is 1. The lowest BCUT2D eigenvalue weighted by atomic mass is 10.0. The Morgan fingerprint density at radius 2 is 1.62 bits per heavy atom. The van der Waals surface area contributed by atoms with Gasteiger partial charge >= 0.3 is 0 Å². The maximum Gasteiger partial charge on any atom is 0.189 e. The quantitative estimate of drug-likeness (QED) is 0.520. The van der Waals surface area contributed by atoms with Crippen LogP contribution in [0.5, 0.6) is 5.75 Å². The van der Waals surface area contributed by atoms with Gasteiger partial charge in [-0.05, 0) is 36.8 Å². The fraction of sp³-hybridized carbons (Fsp3) is 0.136. The minimum atomic E-state index is -4.05. The summed E-state index contributed by atoms with van der Waals surface area (Å²) in [5.74, 6) is -0.859. The number of Topliss-reactive ketones (excluding diaryl/α,β-unsaturated/α-hetero) is 1. The number of hydrogen-bond acceptors (Lipinski definition) is 4. The number of phenolic OH excluding ortho intramolecular Hbond substituents is 1. The third-order valence-corrected chi connectivity index (χ3v) is 7.15. The molecule has 1 atom stereocenters. The first kappa shape index (κ1) is 21.4. The number of rotatable bonds is 6. The van der Waals surface area contributed by atoms with E-state index in [2.05, 4.69) is 0 Å². The van der Waals surface area contributed by atoms with Crippen molar-refractivity contribution in [1.82, 2.24) is 0 Å². The second-order valence-electron chi connectivity index (χ2n) is 6.68. The zero-order chi connectivity index (χ0) is 21.2. The number of carbonyl (C=O) groups excluding carboxylic acids is 1. The van der Waals surface area contributed by atoms with Gasteiger partial charge in [0.1, 0.15) is 11.0 Å². The van der Waals surface area contributed by atoms with Gasteiger partial charge in [0.05, 0.1) is 9.92 Å². The van der Waals surface area contributed by atoms with Gasteiger partial charge in [-0.2, -0.15) is 0 Å². The van der Waals surface area contributed by atoms with Gasteiger partial charge in [-0.1, -0.05) is 71.2 Å². The number of benzene rings is 3. The summed E-state index contributed by atoms with van der Waals surface area (Å²) in [7, 11) is -4.05. The molecule has 3 aromatic rings. The minimum Gasteiger partial charge on any atom is -0.506 e. The van der Waals surface area contributed by atoms with Crippen LogP contribution in [0, 0.1) is 6.92 Å². The molecule has 0 amide bonds. The molecule has 0 aliphatic carbocycles. The van der Waals surface area contributed by atoms with E-state index in [0.717, 1.165) is 5.56 Å². The Balaban J connectivity index is 2.12. The van der Waals surface area contributed by atoms with Crippen LogP contribution in [-0.2, 0) is 16.3 Å². The molecule has 0 aliphatic rings. The molecule has 0 aromatic heterocycles. The van der Waals surface area contributed by atoms with Gasteiger partial charge < -0.3 is 5.11 Å². The average molecular weight is 449 g/mol. The smallest absolute Gasteiger partial charge is 0.189 e. The Kier molecular flexibility index (Phi) is 6.32.